The number of hydrogen-bond donors (Lipinski definition) is 0. The fourth-order valence-corrected chi connectivity index (χ4v) is 1.72. The quantitative estimate of drug-likeness (QED) is 0.789. The standard InChI is InChI=1S/C12H12BrNO/c1-8(12(13)9(2)15)11-5-3-4-10(6-11)7-14/h3-6,8,12H,1-2H3. The fraction of sp³-hybridized carbons (Fsp3) is 0.333. The normalized spacial score (nSPS) is 14.0. The lowest BCUT2D eigenvalue weighted by Gasteiger charge is -2.16. The summed E-state index contributed by atoms with van der Waals surface area (Å²) < 4.78 is 0. The first kappa shape index (κ1) is 11.9. The van der Waals surface area contributed by atoms with Gasteiger partial charge in [0.1, 0.15) is 5.78 Å². The van der Waals surface area contributed by atoms with Crippen LogP contribution >= 0.6 is 15.9 Å². The highest BCUT2D eigenvalue weighted by atomic mass is 79.9. The van der Waals surface area contributed by atoms with Crippen LogP contribution in [0.15, 0.2) is 24.3 Å². The molecule has 0 aliphatic rings. The number of carbonyl (C=O) groups excluding carboxylic acids is 1. The number of halogens is 1. The number of alkyl halides is 1. The summed E-state index contributed by atoms with van der Waals surface area (Å²) in [6.45, 7) is 3.53. The molecular formula is C12H12BrNO. The summed E-state index contributed by atoms with van der Waals surface area (Å²) in [4.78, 5) is 11.0. The van der Waals surface area contributed by atoms with Crippen LogP contribution in [0.3, 0.4) is 0 Å². The maximum atomic E-state index is 11.2. The minimum Gasteiger partial charge on any atom is -0.299 e. The van der Waals surface area contributed by atoms with Gasteiger partial charge in [0.15, 0.2) is 0 Å². The van der Waals surface area contributed by atoms with Gasteiger partial charge in [-0.05, 0) is 24.6 Å². The number of nitriles is 1. The van der Waals surface area contributed by atoms with E-state index in [2.05, 4.69) is 22.0 Å². The number of rotatable bonds is 3. The first-order valence-electron chi connectivity index (χ1n) is 4.71. The van der Waals surface area contributed by atoms with Gasteiger partial charge in [0.05, 0.1) is 16.5 Å². The zero-order valence-electron chi connectivity index (χ0n) is 8.70. The van der Waals surface area contributed by atoms with E-state index in [1.807, 2.05) is 25.1 Å². The molecule has 0 spiro atoms. The van der Waals surface area contributed by atoms with E-state index in [-0.39, 0.29) is 16.5 Å². The van der Waals surface area contributed by atoms with Crippen LogP contribution in [-0.4, -0.2) is 10.6 Å². The minimum atomic E-state index is -0.188. The highest BCUT2D eigenvalue weighted by molar-refractivity contribution is 9.10. The molecule has 0 saturated carbocycles. The largest absolute Gasteiger partial charge is 0.299 e. The lowest BCUT2D eigenvalue weighted by Crippen LogP contribution is -2.17. The Kier molecular flexibility index (Phi) is 4.05. The van der Waals surface area contributed by atoms with Crippen LogP contribution in [0.1, 0.15) is 30.9 Å². The van der Waals surface area contributed by atoms with Gasteiger partial charge in [0.2, 0.25) is 0 Å². The molecular weight excluding hydrogens is 254 g/mol. The van der Waals surface area contributed by atoms with Gasteiger partial charge in [-0.2, -0.15) is 5.26 Å². The molecule has 0 radical (unpaired) electrons. The lowest BCUT2D eigenvalue weighted by molar-refractivity contribution is -0.116. The van der Waals surface area contributed by atoms with Gasteiger partial charge in [-0.25, -0.2) is 0 Å². The van der Waals surface area contributed by atoms with E-state index < -0.39 is 0 Å². The number of benzene rings is 1. The van der Waals surface area contributed by atoms with Crippen molar-refractivity contribution >= 4 is 21.7 Å². The molecule has 15 heavy (non-hydrogen) atoms. The van der Waals surface area contributed by atoms with Gasteiger partial charge in [-0.3, -0.25) is 4.79 Å². The van der Waals surface area contributed by atoms with Gasteiger partial charge in [0.25, 0.3) is 0 Å². The van der Waals surface area contributed by atoms with Crippen LogP contribution in [0, 0.1) is 11.3 Å². The number of ketones is 1. The third-order valence-electron chi connectivity index (χ3n) is 2.37. The van der Waals surface area contributed by atoms with Crippen molar-refractivity contribution in [3.05, 3.63) is 35.4 Å². The predicted molar refractivity (Wildman–Crippen MR) is 63.0 cm³/mol. The van der Waals surface area contributed by atoms with Crippen molar-refractivity contribution < 1.29 is 4.79 Å². The Morgan fingerprint density at radius 2 is 2.20 bits per heavy atom. The molecule has 0 saturated heterocycles. The molecule has 0 fully saturated rings. The lowest BCUT2D eigenvalue weighted by atomic mass is 9.95. The van der Waals surface area contributed by atoms with Crippen molar-refractivity contribution in [1.82, 2.24) is 0 Å². The van der Waals surface area contributed by atoms with E-state index in [4.69, 9.17) is 5.26 Å². The Labute approximate surface area is 98.0 Å². The average molecular weight is 266 g/mol. The molecule has 1 rings (SSSR count). The Balaban J connectivity index is 2.96. The van der Waals surface area contributed by atoms with Crippen LogP contribution in [0.5, 0.6) is 0 Å². The summed E-state index contributed by atoms with van der Waals surface area (Å²) in [5.74, 6) is 0.181. The Morgan fingerprint density at radius 1 is 1.53 bits per heavy atom. The van der Waals surface area contributed by atoms with E-state index in [1.54, 1.807) is 13.0 Å². The molecule has 2 unspecified atom stereocenters. The summed E-state index contributed by atoms with van der Waals surface area (Å²) in [6, 6.07) is 9.44. The van der Waals surface area contributed by atoms with Crippen molar-refractivity contribution in [2.24, 2.45) is 0 Å². The smallest absolute Gasteiger partial charge is 0.144 e. The Morgan fingerprint density at radius 3 is 2.73 bits per heavy atom. The van der Waals surface area contributed by atoms with Crippen molar-refractivity contribution in [1.29, 1.82) is 5.26 Å². The number of carbonyl (C=O) groups is 1. The second-order valence-corrected chi connectivity index (χ2v) is 4.52. The molecule has 0 aliphatic carbocycles. The molecule has 3 heteroatoms. The summed E-state index contributed by atoms with van der Waals surface area (Å²) in [6.07, 6.45) is 0. The molecule has 0 bridgehead atoms. The fourth-order valence-electron chi connectivity index (χ4n) is 1.41. The summed E-state index contributed by atoms with van der Waals surface area (Å²) in [5.41, 5.74) is 1.63. The molecule has 0 N–H and O–H groups in total. The molecule has 1 aromatic rings. The number of nitrogens with zero attached hydrogens (tertiary/aromatic N) is 1. The predicted octanol–water partition coefficient (Wildman–Crippen LogP) is 3.01. The molecule has 2 nitrogen and oxygen atoms in total. The van der Waals surface area contributed by atoms with E-state index >= 15 is 0 Å². The van der Waals surface area contributed by atoms with Crippen molar-refractivity contribution in [2.45, 2.75) is 24.6 Å². The summed E-state index contributed by atoms with van der Waals surface area (Å²) >= 11 is 3.36. The van der Waals surface area contributed by atoms with E-state index in [0.717, 1.165) is 5.56 Å². The van der Waals surface area contributed by atoms with Crippen LogP contribution in [-0.2, 0) is 4.79 Å². The molecule has 0 amide bonds. The molecule has 2 atom stereocenters. The monoisotopic (exact) mass is 265 g/mol. The SMILES string of the molecule is CC(=O)C(Br)C(C)c1cccc(C#N)c1. The van der Waals surface area contributed by atoms with Crippen LogP contribution in [0.25, 0.3) is 0 Å². The van der Waals surface area contributed by atoms with Gasteiger partial charge >= 0.3 is 0 Å². The maximum absolute atomic E-state index is 11.2. The summed E-state index contributed by atoms with van der Waals surface area (Å²) in [5, 5.41) is 8.76. The first-order chi connectivity index (χ1) is 7.06. The number of hydrogen-bond acceptors (Lipinski definition) is 2. The second kappa shape index (κ2) is 5.09. The topological polar surface area (TPSA) is 40.9 Å². The maximum Gasteiger partial charge on any atom is 0.144 e. The van der Waals surface area contributed by atoms with E-state index in [1.165, 1.54) is 0 Å². The molecule has 0 aliphatic heterocycles. The van der Waals surface area contributed by atoms with Gasteiger partial charge in [-0.1, -0.05) is 35.0 Å². The molecule has 0 heterocycles. The van der Waals surface area contributed by atoms with Gasteiger partial charge in [-0.15, -0.1) is 0 Å². The molecule has 1 aromatic carbocycles. The van der Waals surface area contributed by atoms with Crippen LogP contribution < -0.4 is 0 Å². The second-order valence-electron chi connectivity index (χ2n) is 3.54. The van der Waals surface area contributed by atoms with Gasteiger partial charge in [0, 0.05) is 5.92 Å². The Bertz CT molecular complexity index is 408. The van der Waals surface area contributed by atoms with E-state index in [0.29, 0.717) is 5.56 Å². The minimum absolute atomic E-state index is 0.0794. The third-order valence-corrected chi connectivity index (χ3v) is 3.81. The average Bonchev–Trinajstić information content (AvgIpc) is 2.27. The highest BCUT2D eigenvalue weighted by Crippen LogP contribution is 2.25. The van der Waals surface area contributed by atoms with Crippen LogP contribution in [0.2, 0.25) is 0 Å². The van der Waals surface area contributed by atoms with Crippen molar-refractivity contribution in [3.63, 3.8) is 0 Å². The summed E-state index contributed by atoms with van der Waals surface area (Å²) in [7, 11) is 0. The number of Topliss-reactive ketones (excluding diaryl/α,β-unsaturated/α-hetero) is 1. The van der Waals surface area contributed by atoms with Crippen molar-refractivity contribution in [2.75, 3.05) is 0 Å². The highest BCUT2D eigenvalue weighted by Gasteiger charge is 2.20. The van der Waals surface area contributed by atoms with Crippen molar-refractivity contribution in [3.8, 4) is 6.07 Å². The van der Waals surface area contributed by atoms with Crippen LogP contribution in [0.4, 0.5) is 0 Å². The van der Waals surface area contributed by atoms with E-state index in [9.17, 15) is 4.79 Å². The third kappa shape index (κ3) is 2.90. The molecule has 78 valence electrons. The first-order valence-corrected chi connectivity index (χ1v) is 5.62. The van der Waals surface area contributed by atoms with Gasteiger partial charge < -0.3 is 0 Å². The molecule has 0 aromatic heterocycles. The zero-order valence-corrected chi connectivity index (χ0v) is 10.3. The zero-order chi connectivity index (χ0) is 11.4. The Hall–Kier alpha value is -1.14.